The molecule has 0 amide bonds. The molecule has 2 rings (SSSR count). The number of carbonyl (C=O) groups is 1. The van der Waals surface area contributed by atoms with Gasteiger partial charge in [-0.25, -0.2) is 0 Å². The Balaban J connectivity index is 2.06. The van der Waals surface area contributed by atoms with Crippen LogP contribution in [0.2, 0.25) is 5.02 Å². The molecule has 1 unspecified atom stereocenters. The molecule has 0 aliphatic carbocycles. The zero-order chi connectivity index (χ0) is 13.0. The van der Waals surface area contributed by atoms with Gasteiger partial charge in [0.05, 0.1) is 11.4 Å². The van der Waals surface area contributed by atoms with E-state index >= 15 is 0 Å². The van der Waals surface area contributed by atoms with Gasteiger partial charge in [-0.1, -0.05) is 23.7 Å². The molecule has 0 saturated carbocycles. The molecule has 1 aromatic carbocycles. The van der Waals surface area contributed by atoms with Crippen LogP contribution < -0.4 is 0 Å². The molecule has 1 atom stereocenters. The van der Waals surface area contributed by atoms with Crippen molar-refractivity contribution in [2.24, 2.45) is 5.92 Å². The molecular formula is C13H12ClNO2S. The lowest BCUT2D eigenvalue weighted by atomic mass is 9.96. The molecule has 2 aromatic rings. The summed E-state index contributed by atoms with van der Waals surface area (Å²) in [6.07, 6.45) is 2.75. The molecule has 94 valence electrons. The Morgan fingerprint density at radius 3 is 2.61 bits per heavy atom. The Kier molecular flexibility index (Phi) is 4.33. The van der Waals surface area contributed by atoms with Gasteiger partial charge < -0.3 is 5.11 Å². The number of thiazole rings is 1. The van der Waals surface area contributed by atoms with Gasteiger partial charge in [-0.2, -0.15) is 0 Å². The number of nitrogens with zero attached hydrogens (tertiary/aromatic N) is 1. The van der Waals surface area contributed by atoms with Crippen molar-refractivity contribution in [3.05, 3.63) is 51.4 Å². The highest BCUT2D eigenvalue weighted by atomic mass is 35.5. The van der Waals surface area contributed by atoms with Crippen LogP contribution in [0.1, 0.15) is 10.4 Å². The molecule has 0 aliphatic heterocycles. The number of rotatable bonds is 5. The standard InChI is InChI=1S/C13H12ClNO2S/c14-11-3-1-9(2-4-11)5-10(13(16)17)6-12-7-15-8-18-12/h1-4,7-8,10H,5-6H2,(H,16,17). The van der Waals surface area contributed by atoms with Crippen LogP contribution in [0.15, 0.2) is 36.0 Å². The highest BCUT2D eigenvalue weighted by molar-refractivity contribution is 7.09. The van der Waals surface area contributed by atoms with Crippen molar-refractivity contribution in [2.45, 2.75) is 12.8 Å². The van der Waals surface area contributed by atoms with Crippen LogP contribution in [-0.4, -0.2) is 16.1 Å². The van der Waals surface area contributed by atoms with Crippen molar-refractivity contribution in [1.29, 1.82) is 0 Å². The Hall–Kier alpha value is -1.39. The Labute approximate surface area is 114 Å². The average Bonchev–Trinajstić information content (AvgIpc) is 2.84. The second kappa shape index (κ2) is 5.98. The van der Waals surface area contributed by atoms with E-state index in [0.717, 1.165) is 10.4 Å². The van der Waals surface area contributed by atoms with E-state index in [0.29, 0.717) is 17.9 Å². The van der Waals surface area contributed by atoms with Gasteiger partial charge in [0.15, 0.2) is 0 Å². The molecule has 5 heteroatoms. The average molecular weight is 282 g/mol. The number of halogens is 1. The van der Waals surface area contributed by atoms with Crippen molar-refractivity contribution in [2.75, 3.05) is 0 Å². The fourth-order valence-electron chi connectivity index (χ4n) is 1.74. The first kappa shape index (κ1) is 13.1. The van der Waals surface area contributed by atoms with Crippen molar-refractivity contribution in [3.63, 3.8) is 0 Å². The number of hydrogen-bond donors (Lipinski definition) is 1. The number of aliphatic carboxylic acids is 1. The fraction of sp³-hybridized carbons (Fsp3) is 0.231. The summed E-state index contributed by atoms with van der Waals surface area (Å²) in [5, 5.41) is 9.91. The first-order valence-electron chi connectivity index (χ1n) is 5.50. The summed E-state index contributed by atoms with van der Waals surface area (Å²) >= 11 is 7.29. The third-order valence-corrected chi connectivity index (χ3v) is 3.73. The Morgan fingerprint density at radius 2 is 2.06 bits per heavy atom. The van der Waals surface area contributed by atoms with Crippen LogP contribution in [0, 0.1) is 5.92 Å². The van der Waals surface area contributed by atoms with E-state index in [-0.39, 0.29) is 0 Å². The summed E-state index contributed by atoms with van der Waals surface area (Å²) in [4.78, 5) is 16.2. The molecule has 3 nitrogen and oxygen atoms in total. The van der Waals surface area contributed by atoms with Crippen LogP contribution >= 0.6 is 22.9 Å². The molecule has 0 aliphatic rings. The Bertz CT molecular complexity index is 510. The van der Waals surface area contributed by atoms with E-state index in [9.17, 15) is 9.90 Å². The van der Waals surface area contributed by atoms with E-state index in [2.05, 4.69) is 4.98 Å². The minimum atomic E-state index is -0.779. The molecule has 0 radical (unpaired) electrons. The Morgan fingerprint density at radius 1 is 1.33 bits per heavy atom. The summed E-state index contributed by atoms with van der Waals surface area (Å²) in [6, 6.07) is 7.29. The maximum Gasteiger partial charge on any atom is 0.307 e. The fourth-order valence-corrected chi connectivity index (χ4v) is 2.54. The van der Waals surface area contributed by atoms with Crippen molar-refractivity contribution >= 4 is 28.9 Å². The largest absolute Gasteiger partial charge is 0.481 e. The van der Waals surface area contributed by atoms with Crippen LogP contribution in [0.3, 0.4) is 0 Å². The quantitative estimate of drug-likeness (QED) is 0.915. The van der Waals surface area contributed by atoms with Gasteiger partial charge in [-0.15, -0.1) is 11.3 Å². The van der Waals surface area contributed by atoms with Gasteiger partial charge in [0.1, 0.15) is 0 Å². The van der Waals surface area contributed by atoms with E-state index in [4.69, 9.17) is 11.6 Å². The molecule has 0 bridgehead atoms. The van der Waals surface area contributed by atoms with E-state index < -0.39 is 11.9 Å². The van der Waals surface area contributed by atoms with Crippen LogP contribution in [0.4, 0.5) is 0 Å². The molecule has 0 saturated heterocycles. The van der Waals surface area contributed by atoms with E-state index in [1.165, 1.54) is 11.3 Å². The predicted octanol–water partition coefficient (Wildman–Crippen LogP) is 3.28. The van der Waals surface area contributed by atoms with Gasteiger partial charge >= 0.3 is 5.97 Å². The molecule has 0 fully saturated rings. The second-order valence-electron chi connectivity index (χ2n) is 4.04. The number of carboxylic acid groups (broad SMARTS) is 1. The van der Waals surface area contributed by atoms with Gasteiger partial charge in [-0.05, 0) is 30.5 Å². The maximum absolute atomic E-state index is 11.3. The van der Waals surface area contributed by atoms with Crippen LogP contribution in [0.5, 0.6) is 0 Å². The third-order valence-electron chi connectivity index (χ3n) is 2.68. The minimum absolute atomic E-state index is 0.424. The summed E-state index contributed by atoms with van der Waals surface area (Å²) in [5.41, 5.74) is 2.70. The highest BCUT2D eigenvalue weighted by Gasteiger charge is 2.19. The highest BCUT2D eigenvalue weighted by Crippen LogP contribution is 2.19. The zero-order valence-electron chi connectivity index (χ0n) is 9.54. The van der Waals surface area contributed by atoms with Gasteiger partial charge in [-0.3, -0.25) is 9.78 Å². The third kappa shape index (κ3) is 3.55. The van der Waals surface area contributed by atoms with E-state index in [1.807, 2.05) is 12.1 Å². The number of carboxylic acids is 1. The summed E-state index contributed by atoms with van der Waals surface area (Å²) in [6.45, 7) is 0. The zero-order valence-corrected chi connectivity index (χ0v) is 11.1. The second-order valence-corrected chi connectivity index (χ2v) is 5.44. The van der Waals surface area contributed by atoms with Gasteiger partial charge in [0.25, 0.3) is 0 Å². The number of benzene rings is 1. The molecule has 18 heavy (non-hydrogen) atoms. The van der Waals surface area contributed by atoms with Crippen molar-refractivity contribution in [3.8, 4) is 0 Å². The van der Waals surface area contributed by atoms with Crippen LogP contribution in [0.25, 0.3) is 0 Å². The SMILES string of the molecule is O=C(O)C(Cc1ccc(Cl)cc1)Cc1cncs1. The normalized spacial score (nSPS) is 12.3. The summed E-state index contributed by atoms with van der Waals surface area (Å²) in [7, 11) is 0. The lowest BCUT2D eigenvalue weighted by Crippen LogP contribution is -2.18. The maximum atomic E-state index is 11.3. The van der Waals surface area contributed by atoms with Crippen molar-refractivity contribution < 1.29 is 9.90 Å². The molecule has 1 aromatic heterocycles. The monoisotopic (exact) mass is 281 g/mol. The first-order valence-corrected chi connectivity index (χ1v) is 6.75. The molecule has 1 heterocycles. The summed E-state index contributed by atoms with van der Waals surface area (Å²) in [5.74, 6) is -1.20. The number of aromatic nitrogens is 1. The molecule has 0 spiro atoms. The van der Waals surface area contributed by atoms with Crippen LogP contribution in [-0.2, 0) is 17.6 Å². The molecular weight excluding hydrogens is 270 g/mol. The van der Waals surface area contributed by atoms with Crippen molar-refractivity contribution in [1.82, 2.24) is 4.98 Å². The lowest BCUT2D eigenvalue weighted by molar-refractivity contribution is -0.141. The van der Waals surface area contributed by atoms with Gasteiger partial charge in [0.2, 0.25) is 0 Å². The molecule has 1 N–H and O–H groups in total. The first-order chi connectivity index (χ1) is 8.65. The van der Waals surface area contributed by atoms with E-state index in [1.54, 1.807) is 23.8 Å². The summed E-state index contributed by atoms with van der Waals surface area (Å²) < 4.78 is 0. The minimum Gasteiger partial charge on any atom is -0.481 e. The number of hydrogen-bond acceptors (Lipinski definition) is 3. The van der Waals surface area contributed by atoms with Gasteiger partial charge in [0, 0.05) is 16.1 Å². The predicted molar refractivity (Wildman–Crippen MR) is 72.1 cm³/mol. The topological polar surface area (TPSA) is 50.2 Å². The smallest absolute Gasteiger partial charge is 0.307 e. The lowest BCUT2D eigenvalue weighted by Gasteiger charge is -2.11.